The molecule has 1 aliphatic rings. The van der Waals surface area contributed by atoms with Crippen molar-refractivity contribution in [1.82, 2.24) is 4.90 Å². The van der Waals surface area contributed by atoms with E-state index in [-0.39, 0.29) is 17.7 Å². The van der Waals surface area contributed by atoms with E-state index in [0.29, 0.717) is 6.54 Å². The summed E-state index contributed by atoms with van der Waals surface area (Å²) in [5, 5.41) is 10.1. The highest BCUT2D eigenvalue weighted by atomic mass is 16.5. The standard InChI is InChI=1S/C15H27NO3/c1-6-13(18)19-11-12(17)10-16-14(2,3)8-7-9-15(16,4)5/h6,12,17H,1,7-11H2,2-5H3. The molecule has 0 radical (unpaired) electrons. The van der Waals surface area contributed by atoms with Gasteiger partial charge in [-0.1, -0.05) is 6.58 Å². The van der Waals surface area contributed by atoms with Crippen molar-refractivity contribution in [3.05, 3.63) is 12.7 Å². The number of ether oxygens (including phenoxy) is 1. The van der Waals surface area contributed by atoms with Crippen LogP contribution in [0, 0.1) is 0 Å². The first-order chi connectivity index (χ1) is 8.69. The van der Waals surface area contributed by atoms with Crippen LogP contribution in [0.5, 0.6) is 0 Å². The predicted molar refractivity (Wildman–Crippen MR) is 75.9 cm³/mol. The third-order valence-corrected chi connectivity index (χ3v) is 4.02. The zero-order valence-corrected chi connectivity index (χ0v) is 12.6. The zero-order chi connectivity index (χ0) is 14.7. The normalized spacial score (nSPS) is 23.6. The number of hydrogen-bond donors (Lipinski definition) is 1. The maximum absolute atomic E-state index is 11.0. The molecule has 110 valence electrons. The van der Waals surface area contributed by atoms with E-state index in [0.717, 1.165) is 18.9 Å². The fraction of sp³-hybridized carbons (Fsp3) is 0.800. The highest BCUT2D eigenvalue weighted by Crippen LogP contribution is 2.38. The fourth-order valence-corrected chi connectivity index (χ4v) is 3.04. The number of likely N-dealkylation sites (tertiary alicyclic amines) is 1. The first-order valence-electron chi connectivity index (χ1n) is 6.94. The number of carbonyl (C=O) groups excluding carboxylic acids is 1. The van der Waals surface area contributed by atoms with Crippen molar-refractivity contribution in [2.45, 2.75) is 64.1 Å². The number of aliphatic hydroxyl groups excluding tert-OH is 1. The Bertz CT molecular complexity index is 320. The van der Waals surface area contributed by atoms with E-state index in [4.69, 9.17) is 4.74 Å². The maximum Gasteiger partial charge on any atom is 0.330 e. The van der Waals surface area contributed by atoms with Crippen LogP contribution >= 0.6 is 0 Å². The minimum atomic E-state index is -0.666. The molecule has 0 spiro atoms. The first kappa shape index (κ1) is 16.2. The van der Waals surface area contributed by atoms with E-state index in [1.165, 1.54) is 6.42 Å². The fourth-order valence-electron chi connectivity index (χ4n) is 3.04. The number of piperidine rings is 1. The largest absolute Gasteiger partial charge is 0.460 e. The van der Waals surface area contributed by atoms with Gasteiger partial charge in [0, 0.05) is 23.7 Å². The molecule has 1 unspecified atom stereocenters. The average molecular weight is 269 g/mol. The SMILES string of the molecule is C=CC(=O)OCC(O)CN1C(C)(C)CCCC1(C)C. The van der Waals surface area contributed by atoms with Crippen molar-refractivity contribution in [1.29, 1.82) is 0 Å². The molecular formula is C15H27NO3. The van der Waals surface area contributed by atoms with Crippen LogP contribution in [0.1, 0.15) is 47.0 Å². The summed E-state index contributed by atoms with van der Waals surface area (Å²) in [6.07, 6.45) is 3.89. The molecule has 19 heavy (non-hydrogen) atoms. The molecule has 0 aliphatic carbocycles. The Morgan fingerprint density at radius 3 is 2.37 bits per heavy atom. The van der Waals surface area contributed by atoms with Crippen LogP contribution in [0.3, 0.4) is 0 Å². The lowest BCUT2D eigenvalue weighted by atomic mass is 9.79. The summed E-state index contributed by atoms with van der Waals surface area (Å²) in [5.74, 6) is -0.490. The minimum Gasteiger partial charge on any atom is -0.460 e. The predicted octanol–water partition coefficient (Wildman–Crippen LogP) is 2.12. The van der Waals surface area contributed by atoms with E-state index in [2.05, 4.69) is 39.2 Å². The summed E-state index contributed by atoms with van der Waals surface area (Å²) in [5.41, 5.74) is 0.121. The van der Waals surface area contributed by atoms with Crippen molar-refractivity contribution >= 4 is 5.97 Å². The molecular weight excluding hydrogens is 242 g/mol. The maximum atomic E-state index is 11.0. The van der Waals surface area contributed by atoms with Gasteiger partial charge in [0.05, 0.1) is 0 Å². The molecule has 1 atom stereocenters. The molecule has 1 N–H and O–H groups in total. The van der Waals surface area contributed by atoms with E-state index in [9.17, 15) is 9.90 Å². The molecule has 1 heterocycles. The summed E-state index contributed by atoms with van der Waals surface area (Å²) in [6.45, 7) is 12.7. The summed E-state index contributed by atoms with van der Waals surface area (Å²) < 4.78 is 4.90. The summed E-state index contributed by atoms with van der Waals surface area (Å²) in [4.78, 5) is 13.3. The van der Waals surface area contributed by atoms with Crippen LogP contribution in [-0.2, 0) is 9.53 Å². The zero-order valence-electron chi connectivity index (χ0n) is 12.6. The number of rotatable bonds is 5. The van der Waals surface area contributed by atoms with E-state index >= 15 is 0 Å². The van der Waals surface area contributed by atoms with Gasteiger partial charge in [-0.2, -0.15) is 0 Å². The quantitative estimate of drug-likeness (QED) is 0.613. The van der Waals surface area contributed by atoms with Crippen LogP contribution in [0.4, 0.5) is 0 Å². The van der Waals surface area contributed by atoms with Gasteiger partial charge >= 0.3 is 5.97 Å². The van der Waals surface area contributed by atoms with Gasteiger partial charge < -0.3 is 9.84 Å². The van der Waals surface area contributed by atoms with Crippen LogP contribution in [-0.4, -0.2) is 46.3 Å². The topological polar surface area (TPSA) is 49.8 Å². The van der Waals surface area contributed by atoms with Gasteiger partial charge in [0.2, 0.25) is 0 Å². The molecule has 1 rings (SSSR count). The molecule has 1 saturated heterocycles. The van der Waals surface area contributed by atoms with Gasteiger partial charge in [0.15, 0.2) is 0 Å². The molecule has 0 amide bonds. The van der Waals surface area contributed by atoms with E-state index in [1.54, 1.807) is 0 Å². The van der Waals surface area contributed by atoms with Crippen molar-refractivity contribution in [2.75, 3.05) is 13.2 Å². The summed E-state index contributed by atoms with van der Waals surface area (Å²) >= 11 is 0. The van der Waals surface area contributed by atoms with Gasteiger partial charge in [-0.25, -0.2) is 4.79 Å². The molecule has 0 aromatic heterocycles. The number of hydrogen-bond acceptors (Lipinski definition) is 4. The van der Waals surface area contributed by atoms with Gasteiger partial charge in [0.25, 0.3) is 0 Å². The summed E-state index contributed by atoms with van der Waals surface area (Å²) in [6, 6.07) is 0. The van der Waals surface area contributed by atoms with Crippen molar-refractivity contribution in [3.8, 4) is 0 Å². The molecule has 0 saturated carbocycles. The van der Waals surface area contributed by atoms with Gasteiger partial charge in [-0.3, -0.25) is 4.90 Å². The van der Waals surface area contributed by atoms with E-state index in [1.807, 2.05) is 0 Å². The second-order valence-corrected chi connectivity index (χ2v) is 6.58. The van der Waals surface area contributed by atoms with Crippen molar-refractivity contribution in [3.63, 3.8) is 0 Å². The highest BCUT2D eigenvalue weighted by molar-refractivity contribution is 5.81. The Labute approximate surface area is 116 Å². The molecule has 0 bridgehead atoms. The second kappa shape index (κ2) is 6.06. The number of nitrogens with zero attached hydrogens (tertiary/aromatic N) is 1. The van der Waals surface area contributed by atoms with Gasteiger partial charge in [-0.15, -0.1) is 0 Å². The Morgan fingerprint density at radius 2 is 1.89 bits per heavy atom. The lowest BCUT2D eigenvalue weighted by Crippen LogP contribution is -2.60. The van der Waals surface area contributed by atoms with Gasteiger partial charge in [-0.05, 0) is 47.0 Å². The Morgan fingerprint density at radius 1 is 1.37 bits per heavy atom. The van der Waals surface area contributed by atoms with Gasteiger partial charge in [0.1, 0.15) is 12.7 Å². The molecule has 1 fully saturated rings. The highest BCUT2D eigenvalue weighted by Gasteiger charge is 2.41. The summed E-state index contributed by atoms with van der Waals surface area (Å²) in [7, 11) is 0. The Hall–Kier alpha value is -0.870. The van der Waals surface area contributed by atoms with Crippen LogP contribution in [0.25, 0.3) is 0 Å². The smallest absolute Gasteiger partial charge is 0.330 e. The molecule has 0 aromatic rings. The van der Waals surface area contributed by atoms with Crippen molar-refractivity contribution in [2.24, 2.45) is 0 Å². The van der Waals surface area contributed by atoms with E-state index < -0.39 is 12.1 Å². The lowest BCUT2D eigenvalue weighted by molar-refractivity contribution is -0.142. The third kappa shape index (κ3) is 4.32. The van der Waals surface area contributed by atoms with Crippen LogP contribution < -0.4 is 0 Å². The second-order valence-electron chi connectivity index (χ2n) is 6.58. The molecule has 4 heteroatoms. The van der Waals surface area contributed by atoms with Crippen molar-refractivity contribution < 1.29 is 14.6 Å². The van der Waals surface area contributed by atoms with Crippen LogP contribution in [0.15, 0.2) is 12.7 Å². The average Bonchev–Trinajstić information content (AvgIpc) is 2.30. The minimum absolute atomic E-state index is 0.0213. The number of carbonyl (C=O) groups is 1. The molecule has 4 nitrogen and oxygen atoms in total. The molecule has 0 aromatic carbocycles. The van der Waals surface area contributed by atoms with Crippen LogP contribution in [0.2, 0.25) is 0 Å². The monoisotopic (exact) mass is 269 g/mol. The first-order valence-corrected chi connectivity index (χ1v) is 6.94. The Balaban J connectivity index is 2.61. The number of aliphatic hydroxyl groups is 1. The number of esters is 1. The Kier molecular flexibility index (Phi) is 5.16. The lowest BCUT2D eigenvalue weighted by Gasteiger charge is -2.53. The number of β-amino-alcohol motifs (C(OH)–C–C–N with tert-alkyl or cyclic N) is 1. The third-order valence-electron chi connectivity index (χ3n) is 4.02. The molecule has 1 aliphatic heterocycles.